The minimum Gasteiger partial charge on any atom is -0.366 e. The quantitative estimate of drug-likeness (QED) is 0.437. The van der Waals surface area contributed by atoms with Gasteiger partial charge < -0.3 is 19.0 Å². The first-order chi connectivity index (χ1) is 7.49. The van der Waals surface area contributed by atoms with E-state index in [2.05, 4.69) is 0 Å². The topological polar surface area (TPSA) is 61.8 Å². The molecular formula is C11H20O5. The Balaban J connectivity index is 3.97. The molecule has 0 amide bonds. The number of ether oxygens (including phenoxy) is 3. The van der Waals surface area contributed by atoms with Gasteiger partial charge in [0.2, 0.25) is 6.29 Å². The van der Waals surface area contributed by atoms with E-state index in [-0.39, 0.29) is 18.8 Å². The van der Waals surface area contributed by atoms with E-state index in [0.717, 1.165) is 0 Å². The summed E-state index contributed by atoms with van der Waals surface area (Å²) in [5.74, 6) is 0. The van der Waals surface area contributed by atoms with Gasteiger partial charge in [0.1, 0.15) is 6.10 Å². The Morgan fingerprint density at radius 2 is 1.50 bits per heavy atom. The molecule has 0 rings (SSSR count). The maximum Gasteiger partial charge on any atom is 0.215 e. The molecule has 0 heterocycles. The van der Waals surface area contributed by atoms with Crippen LogP contribution in [0, 0.1) is 0 Å². The Kier molecular flexibility index (Phi) is 7.97. The van der Waals surface area contributed by atoms with Gasteiger partial charge in [0.25, 0.3) is 0 Å². The lowest BCUT2D eigenvalue weighted by Gasteiger charge is -2.19. The van der Waals surface area contributed by atoms with E-state index < -0.39 is 12.4 Å². The number of carbonyl (C=O) groups excluding carboxylic acids is 2. The second kappa shape index (κ2) is 8.38. The zero-order chi connectivity index (χ0) is 12.6. The average Bonchev–Trinajstić information content (AvgIpc) is 2.20. The maximum absolute atomic E-state index is 10.6. The molecule has 94 valence electrons. The fourth-order valence-corrected chi connectivity index (χ4v) is 1.03. The molecule has 16 heavy (non-hydrogen) atoms. The molecular weight excluding hydrogens is 212 g/mol. The maximum atomic E-state index is 10.6. The standard InChI is InChI=1S/C11H20O5/c1-8(2)15-10(5-12)7-14-11(6-13)16-9(3)4/h5-6,8-11H,7H2,1-4H3/t10-,11-/m0/s1. The molecule has 0 radical (unpaired) electrons. The third kappa shape index (κ3) is 7.50. The van der Waals surface area contributed by atoms with E-state index in [1.54, 1.807) is 13.8 Å². The van der Waals surface area contributed by atoms with Crippen molar-refractivity contribution in [2.24, 2.45) is 0 Å². The summed E-state index contributed by atoms with van der Waals surface area (Å²) in [6, 6.07) is 0. The van der Waals surface area contributed by atoms with Crippen molar-refractivity contribution < 1.29 is 23.8 Å². The van der Waals surface area contributed by atoms with Crippen LogP contribution in [0.4, 0.5) is 0 Å². The van der Waals surface area contributed by atoms with E-state index in [1.807, 2.05) is 13.8 Å². The summed E-state index contributed by atoms with van der Waals surface area (Å²) in [6.07, 6.45) is -0.596. The first-order valence-electron chi connectivity index (χ1n) is 5.32. The third-order valence-corrected chi connectivity index (χ3v) is 1.54. The Hall–Kier alpha value is -0.780. The van der Waals surface area contributed by atoms with Crippen molar-refractivity contribution in [3.05, 3.63) is 0 Å². The predicted molar refractivity (Wildman–Crippen MR) is 58.1 cm³/mol. The lowest BCUT2D eigenvalue weighted by Crippen LogP contribution is -2.30. The molecule has 0 N–H and O–H groups in total. The summed E-state index contributed by atoms with van der Waals surface area (Å²) in [5.41, 5.74) is 0. The highest BCUT2D eigenvalue weighted by molar-refractivity contribution is 5.56. The van der Waals surface area contributed by atoms with Crippen LogP contribution in [0.2, 0.25) is 0 Å². The third-order valence-electron chi connectivity index (χ3n) is 1.54. The summed E-state index contributed by atoms with van der Waals surface area (Å²) >= 11 is 0. The van der Waals surface area contributed by atoms with Gasteiger partial charge in [-0.15, -0.1) is 0 Å². The fourth-order valence-electron chi connectivity index (χ4n) is 1.03. The summed E-state index contributed by atoms with van der Waals surface area (Å²) in [4.78, 5) is 21.2. The monoisotopic (exact) mass is 232 g/mol. The molecule has 0 aromatic carbocycles. The van der Waals surface area contributed by atoms with E-state index in [0.29, 0.717) is 12.6 Å². The van der Waals surface area contributed by atoms with E-state index in [1.165, 1.54) is 0 Å². The molecule has 0 saturated heterocycles. The van der Waals surface area contributed by atoms with Crippen molar-refractivity contribution in [3.63, 3.8) is 0 Å². The van der Waals surface area contributed by atoms with Gasteiger partial charge in [0.05, 0.1) is 18.8 Å². The summed E-state index contributed by atoms with van der Waals surface area (Å²) in [7, 11) is 0. The Labute approximate surface area is 96.1 Å². The van der Waals surface area contributed by atoms with Gasteiger partial charge in [0, 0.05) is 0 Å². The second-order valence-electron chi connectivity index (χ2n) is 3.88. The molecule has 0 aromatic rings. The van der Waals surface area contributed by atoms with E-state index in [9.17, 15) is 9.59 Å². The SMILES string of the molecule is CC(C)O[C@@H](C=O)OC[C@H](C=O)OC(C)C. The van der Waals surface area contributed by atoms with Crippen LogP contribution in [-0.2, 0) is 23.8 Å². The normalized spacial score (nSPS) is 15.1. The molecule has 0 unspecified atom stereocenters. The molecule has 0 saturated carbocycles. The second-order valence-corrected chi connectivity index (χ2v) is 3.88. The minimum absolute atomic E-state index is 0.0117. The zero-order valence-corrected chi connectivity index (χ0v) is 10.2. The number of hydrogen-bond donors (Lipinski definition) is 0. The van der Waals surface area contributed by atoms with Crippen molar-refractivity contribution >= 4 is 12.6 Å². The average molecular weight is 232 g/mol. The van der Waals surface area contributed by atoms with Crippen LogP contribution in [-0.4, -0.2) is 43.8 Å². The van der Waals surface area contributed by atoms with Crippen LogP contribution in [0.15, 0.2) is 0 Å². The molecule has 2 atom stereocenters. The largest absolute Gasteiger partial charge is 0.366 e. The van der Waals surface area contributed by atoms with Gasteiger partial charge >= 0.3 is 0 Å². The molecule has 0 aliphatic carbocycles. The Morgan fingerprint density at radius 3 is 1.88 bits per heavy atom. The molecule has 0 aliphatic rings. The Morgan fingerprint density at radius 1 is 0.938 bits per heavy atom. The van der Waals surface area contributed by atoms with Crippen LogP contribution in [0.1, 0.15) is 27.7 Å². The number of carbonyl (C=O) groups is 2. The predicted octanol–water partition coefficient (Wildman–Crippen LogP) is 0.945. The highest BCUT2D eigenvalue weighted by Gasteiger charge is 2.15. The van der Waals surface area contributed by atoms with Gasteiger partial charge in [-0.05, 0) is 27.7 Å². The van der Waals surface area contributed by atoms with Crippen molar-refractivity contribution in [1.82, 2.24) is 0 Å². The summed E-state index contributed by atoms with van der Waals surface area (Å²) in [5, 5.41) is 0. The Bertz CT molecular complexity index is 181. The smallest absolute Gasteiger partial charge is 0.215 e. The summed E-state index contributed by atoms with van der Waals surface area (Å²) < 4.78 is 15.5. The van der Waals surface area contributed by atoms with Gasteiger partial charge in [0.15, 0.2) is 12.6 Å². The van der Waals surface area contributed by atoms with E-state index in [4.69, 9.17) is 14.2 Å². The van der Waals surface area contributed by atoms with Gasteiger partial charge in [-0.25, -0.2) is 0 Å². The van der Waals surface area contributed by atoms with Gasteiger partial charge in [-0.1, -0.05) is 0 Å². The fraction of sp³-hybridized carbons (Fsp3) is 0.818. The molecule has 0 aromatic heterocycles. The number of aldehydes is 2. The molecule has 5 nitrogen and oxygen atoms in total. The lowest BCUT2D eigenvalue weighted by molar-refractivity contribution is -0.180. The first kappa shape index (κ1) is 15.2. The zero-order valence-electron chi connectivity index (χ0n) is 10.2. The van der Waals surface area contributed by atoms with Gasteiger partial charge in [-0.2, -0.15) is 0 Å². The lowest BCUT2D eigenvalue weighted by atomic mass is 10.4. The summed E-state index contributed by atoms with van der Waals surface area (Å²) in [6.45, 7) is 7.23. The molecule has 5 heteroatoms. The van der Waals surface area contributed by atoms with Crippen molar-refractivity contribution in [2.45, 2.75) is 52.3 Å². The number of hydrogen-bond acceptors (Lipinski definition) is 5. The highest BCUT2D eigenvalue weighted by atomic mass is 16.7. The van der Waals surface area contributed by atoms with Gasteiger partial charge in [-0.3, -0.25) is 4.79 Å². The van der Waals surface area contributed by atoms with Crippen LogP contribution < -0.4 is 0 Å². The highest BCUT2D eigenvalue weighted by Crippen LogP contribution is 2.01. The van der Waals surface area contributed by atoms with Crippen LogP contribution in [0.25, 0.3) is 0 Å². The van der Waals surface area contributed by atoms with E-state index >= 15 is 0 Å². The van der Waals surface area contributed by atoms with Crippen LogP contribution in [0.3, 0.4) is 0 Å². The molecule has 0 fully saturated rings. The molecule has 0 aliphatic heterocycles. The van der Waals surface area contributed by atoms with Crippen LogP contribution >= 0.6 is 0 Å². The first-order valence-corrected chi connectivity index (χ1v) is 5.32. The molecule has 0 spiro atoms. The molecule has 0 bridgehead atoms. The van der Waals surface area contributed by atoms with Crippen molar-refractivity contribution in [2.75, 3.05) is 6.61 Å². The number of rotatable bonds is 9. The van der Waals surface area contributed by atoms with Crippen molar-refractivity contribution in [1.29, 1.82) is 0 Å². The minimum atomic E-state index is -0.946. The van der Waals surface area contributed by atoms with Crippen molar-refractivity contribution in [3.8, 4) is 0 Å². The van der Waals surface area contributed by atoms with Crippen LogP contribution in [0.5, 0.6) is 0 Å².